The SMILES string of the molecule is CC(C)N(C1=CC=C(c2ccccc2)CC=C1)c1ccc2c(c1)C(C)(C)c1ccccc1-2. The van der Waals surface area contributed by atoms with Gasteiger partial charge in [-0.3, -0.25) is 0 Å². The van der Waals surface area contributed by atoms with E-state index in [1.165, 1.54) is 44.8 Å². The van der Waals surface area contributed by atoms with Crippen molar-refractivity contribution in [2.75, 3.05) is 4.90 Å². The molecule has 1 nitrogen and oxygen atoms in total. The zero-order valence-corrected chi connectivity index (χ0v) is 19.5. The number of nitrogens with zero attached hydrogens (tertiary/aromatic N) is 1. The van der Waals surface area contributed by atoms with Gasteiger partial charge in [0.1, 0.15) is 0 Å². The predicted octanol–water partition coefficient (Wildman–Crippen LogP) is 8.14. The third kappa shape index (κ3) is 3.42. The second-order valence-electron chi connectivity index (χ2n) is 9.62. The Morgan fingerprint density at radius 2 is 1.50 bits per heavy atom. The summed E-state index contributed by atoms with van der Waals surface area (Å²) in [5, 5.41) is 0. The van der Waals surface area contributed by atoms with Crippen molar-refractivity contribution < 1.29 is 0 Å². The normalized spacial score (nSPS) is 16.2. The van der Waals surface area contributed by atoms with E-state index in [0.29, 0.717) is 6.04 Å². The van der Waals surface area contributed by atoms with E-state index in [-0.39, 0.29) is 5.41 Å². The lowest BCUT2D eigenvalue weighted by Gasteiger charge is -2.31. The molecule has 3 aromatic carbocycles. The Morgan fingerprint density at radius 1 is 0.781 bits per heavy atom. The highest BCUT2D eigenvalue weighted by atomic mass is 15.2. The van der Waals surface area contributed by atoms with Crippen LogP contribution in [0.5, 0.6) is 0 Å². The minimum absolute atomic E-state index is 0.0125. The summed E-state index contributed by atoms with van der Waals surface area (Å²) in [5.74, 6) is 0. The molecule has 0 N–H and O–H groups in total. The van der Waals surface area contributed by atoms with Crippen LogP contribution in [0.4, 0.5) is 5.69 Å². The molecule has 0 spiro atoms. The molecule has 5 rings (SSSR count). The van der Waals surface area contributed by atoms with Crippen LogP contribution in [-0.2, 0) is 5.41 Å². The Balaban J connectivity index is 1.56. The lowest BCUT2D eigenvalue weighted by Crippen LogP contribution is -2.29. The van der Waals surface area contributed by atoms with Gasteiger partial charge in [-0.25, -0.2) is 0 Å². The van der Waals surface area contributed by atoms with E-state index in [0.717, 1.165) is 6.42 Å². The Bertz CT molecular complexity index is 1240. The van der Waals surface area contributed by atoms with Crippen LogP contribution in [0.15, 0.2) is 103 Å². The number of fused-ring (bicyclic) bond motifs is 3. The van der Waals surface area contributed by atoms with Crippen LogP contribution in [0.2, 0.25) is 0 Å². The van der Waals surface area contributed by atoms with Crippen molar-refractivity contribution in [3.63, 3.8) is 0 Å². The highest BCUT2D eigenvalue weighted by Crippen LogP contribution is 2.49. The van der Waals surface area contributed by atoms with Crippen molar-refractivity contribution >= 4 is 11.3 Å². The molecule has 0 radical (unpaired) electrons. The second-order valence-corrected chi connectivity index (χ2v) is 9.62. The van der Waals surface area contributed by atoms with E-state index < -0.39 is 0 Å². The lowest BCUT2D eigenvalue weighted by molar-refractivity contribution is 0.659. The van der Waals surface area contributed by atoms with E-state index in [1.807, 2.05) is 0 Å². The zero-order valence-electron chi connectivity index (χ0n) is 19.5. The average Bonchev–Trinajstić information content (AvgIpc) is 2.94. The number of allylic oxidation sites excluding steroid dienone is 5. The van der Waals surface area contributed by atoms with E-state index >= 15 is 0 Å². The Hall–Kier alpha value is -3.32. The molecule has 0 aromatic heterocycles. The first kappa shape index (κ1) is 20.6. The van der Waals surface area contributed by atoms with E-state index in [4.69, 9.17) is 0 Å². The van der Waals surface area contributed by atoms with Gasteiger partial charge in [0.15, 0.2) is 0 Å². The highest BCUT2D eigenvalue weighted by molar-refractivity contribution is 5.83. The average molecular weight is 418 g/mol. The van der Waals surface area contributed by atoms with Gasteiger partial charge in [-0.05, 0) is 77.9 Å². The minimum Gasteiger partial charge on any atom is -0.339 e. The predicted molar refractivity (Wildman–Crippen MR) is 138 cm³/mol. The van der Waals surface area contributed by atoms with Crippen LogP contribution in [0.1, 0.15) is 50.8 Å². The molecule has 3 aromatic rings. The van der Waals surface area contributed by atoms with Crippen molar-refractivity contribution in [3.8, 4) is 11.1 Å². The first-order valence-electron chi connectivity index (χ1n) is 11.6. The molecule has 2 aliphatic carbocycles. The first-order valence-corrected chi connectivity index (χ1v) is 11.6. The molecule has 0 amide bonds. The highest BCUT2D eigenvalue weighted by Gasteiger charge is 2.35. The van der Waals surface area contributed by atoms with Crippen molar-refractivity contribution in [2.24, 2.45) is 0 Å². The van der Waals surface area contributed by atoms with Crippen LogP contribution in [0.3, 0.4) is 0 Å². The fourth-order valence-electron chi connectivity index (χ4n) is 5.23. The Morgan fingerprint density at radius 3 is 2.28 bits per heavy atom. The maximum atomic E-state index is 2.46. The summed E-state index contributed by atoms with van der Waals surface area (Å²) in [6.07, 6.45) is 10.1. The third-order valence-corrected chi connectivity index (χ3v) is 6.87. The fraction of sp³-hybridized carbons (Fsp3) is 0.226. The van der Waals surface area contributed by atoms with Crippen molar-refractivity contribution in [1.29, 1.82) is 0 Å². The third-order valence-electron chi connectivity index (χ3n) is 6.87. The molecular weight excluding hydrogens is 386 g/mol. The molecule has 0 atom stereocenters. The molecule has 0 saturated heterocycles. The van der Waals surface area contributed by atoms with Crippen LogP contribution < -0.4 is 4.90 Å². The molecular formula is C31H31N. The molecule has 0 bridgehead atoms. The summed E-state index contributed by atoms with van der Waals surface area (Å²) in [6, 6.07) is 26.9. The van der Waals surface area contributed by atoms with Crippen LogP contribution in [0, 0.1) is 0 Å². The van der Waals surface area contributed by atoms with Crippen molar-refractivity contribution in [3.05, 3.63) is 119 Å². The topological polar surface area (TPSA) is 3.24 Å². The molecule has 32 heavy (non-hydrogen) atoms. The molecule has 0 fully saturated rings. The van der Waals surface area contributed by atoms with Gasteiger partial charge in [0.25, 0.3) is 0 Å². The van der Waals surface area contributed by atoms with Gasteiger partial charge in [0.05, 0.1) is 0 Å². The van der Waals surface area contributed by atoms with Gasteiger partial charge >= 0.3 is 0 Å². The first-order chi connectivity index (χ1) is 15.5. The molecule has 2 aliphatic rings. The second kappa shape index (κ2) is 7.98. The number of rotatable bonds is 4. The summed E-state index contributed by atoms with van der Waals surface area (Å²) in [4.78, 5) is 2.46. The number of hydrogen-bond donors (Lipinski definition) is 0. The van der Waals surface area contributed by atoms with Gasteiger partial charge in [0.2, 0.25) is 0 Å². The summed E-state index contributed by atoms with van der Waals surface area (Å²) in [6.45, 7) is 9.24. The quantitative estimate of drug-likeness (QED) is 0.414. The van der Waals surface area contributed by atoms with Gasteiger partial charge in [-0.2, -0.15) is 0 Å². The van der Waals surface area contributed by atoms with E-state index in [1.54, 1.807) is 0 Å². The Labute approximate surface area is 192 Å². The zero-order chi connectivity index (χ0) is 22.3. The smallest absolute Gasteiger partial charge is 0.0416 e. The summed E-state index contributed by atoms with van der Waals surface area (Å²) in [5.41, 5.74) is 10.7. The van der Waals surface area contributed by atoms with E-state index in [2.05, 4.69) is 130 Å². The number of benzene rings is 3. The van der Waals surface area contributed by atoms with Crippen LogP contribution >= 0.6 is 0 Å². The Kier molecular flexibility index (Phi) is 5.13. The summed E-state index contributed by atoms with van der Waals surface area (Å²) < 4.78 is 0. The van der Waals surface area contributed by atoms with Gasteiger partial charge in [-0.1, -0.05) is 86.7 Å². The van der Waals surface area contributed by atoms with Crippen LogP contribution in [0.25, 0.3) is 16.7 Å². The molecule has 0 saturated carbocycles. The van der Waals surface area contributed by atoms with Gasteiger partial charge < -0.3 is 4.90 Å². The maximum Gasteiger partial charge on any atom is 0.0416 e. The molecule has 0 heterocycles. The lowest BCUT2D eigenvalue weighted by atomic mass is 9.82. The molecule has 0 unspecified atom stereocenters. The van der Waals surface area contributed by atoms with Crippen molar-refractivity contribution in [2.45, 2.75) is 45.6 Å². The standard InChI is InChI=1S/C31H31N/c1-22(2)32(25-14-10-13-24(17-18-25)23-11-6-5-7-12-23)26-19-20-28-27-15-8-9-16-29(27)31(3,4)30(28)21-26/h5-12,14-22H,13H2,1-4H3. The number of hydrogen-bond acceptors (Lipinski definition) is 1. The minimum atomic E-state index is 0.0125. The van der Waals surface area contributed by atoms with Crippen molar-refractivity contribution in [1.82, 2.24) is 0 Å². The van der Waals surface area contributed by atoms with Gasteiger partial charge in [0, 0.05) is 22.8 Å². The summed E-state index contributed by atoms with van der Waals surface area (Å²) in [7, 11) is 0. The maximum absolute atomic E-state index is 2.46. The summed E-state index contributed by atoms with van der Waals surface area (Å²) >= 11 is 0. The molecule has 0 aliphatic heterocycles. The molecule has 160 valence electrons. The monoisotopic (exact) mass is 417 g/mol. The van der Waals surface area contributed by atoms with E-state index in [9.17, 15) is 0 Å². The molecule has 1 heteroatoms. The van der Waals surface area contributed by atoms with Gasteiger partial charge in [-0.15, -0.1) is 0 Å². The largest absolute Gasteiger partial charge is 0.339 e. The number of anilines is 1. The van der Waals surface area contributed by atoms with Crippen LogP contribution in [-0.4, -0.2) is 6.04 Å². The fourth-order valence-corrected chi connectivity index (χ4v) is 5.23.